The number of carbonyl (C=O) groups excluding carboxylic acids is 1. The van der Waals surface area contributed by atoms with E-state index < -0.39 is 15.9 Å². The standard InChI is InChI=1S/C17H20N4O3S/c22-17(16-12-18-10-11-19-16)20-21-25(23,24)15-8-6-14(7-9-15)13-4-2-1-3-5-13/h6-13,21H,1-5H2,(H,20,22). The third-order valence-corrected chi connectivity index (χ3v) is 5.63. The zero-order valence-electron chi connectivity index (χ0n) is 13.7. The van der Waals surface area contributed by atoms with Crippen LogP contribution in [0.4, 0.5) is 0 Å². The van der Waals surface area contributed by atoms with Crippen molar-refractivity contribution < 1.29 is 13.2 Å². The fraction of sp³-hybridized carbons (Fsp3) is 0.353. The molecule has 2 aromatic rings. The van der Waals surface area contributed by atoms with Gasteiger partial charge in [0.15, 0.2) is 0 Å². The Balaban J connectivity index is 1.64. The molecule has 0 unspecified atom stereocenters. The zero-order valence-corrected chi connectivity index (χ0v) is 14.5. The summed E-state index contributed by atoms with van der Waals surface area (Å²) in [6.07, 6.45) is 10.1. The highest BCUT2D eigenvalue weighted by atomic mass is 32.2. The molecule has 1 saturated carbocycles. The van der Waals surface area contributed by atoms with Crippen molar-refractivity contribution in [3.8, 4) is 0 Å². The number of benzene rings is 1. The Hall–Kier alpha value is -2.32. The molecular formula is C17H20N4O3S. The van der Waals surface area contributed by atoms with Crippen molar-refractivity contribution in [3.05, 3.63) is 54.1 Å². The summed E-state index contributed by atoms with van der Waals surface area (Å²) in [5.74, 6) is -0.162. The van der Waals surface area contributed by atoms with Gasteiger partial charge in [-0.15, -0.1) is 4.83 Å². The van der Waals surface area contributed by atoms with Gasteiger partial charge in [0, 0.05) is 12.4 Å². The largest absolute Gasteiger partial charge is 0.286 e. The highest BCUT2D eigenvalue weighted by Crippen LogP contribution is 2.32. The van der Waals surface area contributed by atoms with Gasteiger partial charge in [-0.1, -0.05) is 31.4 Å². The number of sulfonamides is 1. The molecule has 3 rings (SSSR count). The highest BCUT2D eigenvalue weighted by Gasteiger charge is 2.19. The number of hydrogen-bond acceptors (Lipinski definition) is 5. The Morgan fingerprint density at radius 1 is 1.04 bits per heavy atom. The molecule has 8 heteroatoms. The van der Waals surface area contributed by atoms with Crippen molar-refractivity contribution in [2.24, 2.45) is 0 Å². The fourth-order valence-corrected chi connectivity index (χ4v) is 3.85. The molecule has 25 heavy (non-hydrogen) atoms. The van der Waals surface area contributed by atoms with Crippen LogP contribution in [0.25, 0.3) is 0 Å². The minimum Gasteiger partial charge on any atom is -0.272 e. The summed E-state index contributed by atoms with van der Waals surface area (Å²) in [4.78, 5) is 21.6. The van der Waals surface area contributed by atoms with Gasteiger partial charge in [0.05, 0.1) is 11.1 Å². The Kier molecular flexibility index (Phi) is 5.40. The van der Waals surface area contributed by atoms with Crippen LogP contribution < -0.4 is 10.3 Å². The SMILES string of the molecule is O=C(NNS(=O)(=O)c1ccc(C2CCCCC2)cc1)c1cnccn1. The maximum atomic E-state index is 12.3. The van der Waals surface area contributed by atoms with Crippen LogP contribution in [0.3, 0.4) is 0 Å². The molecule has 1 aromatic carbocycles. The monoisotopic (exact) mass is 360 g/mol. The molecule has 2 N–H and O–H groups in total. The quantitative estimate of drug-likeness (QED) is 0.796. The molecular weight excluding hydrogens is 340 g/mol. The predicted octanol–water partition coefficient (Wildman–Crippen LogP) is 2.15. The lowest BCUT2D eigenvalue weighted by atomic mass is 9.84. The molecule has 0 radical (unpaired) electrons. The van der Waals surface area contributed by atoms with Crippen molar-refractivity contribution in [2.75, 3.05) is 0 Å². The van der Waals surface area contributed by atoms with Gasteiger partial charge in [0.2, 0.25) is 0 Å². The Labute approximate surface area is 146 Å². The van der Waals surface area contributed by atoms with E-state index >= 15 is 0 Å². The van der Waals surface area contributed by atoms with Crippen LogP contribution in [0.15, 0.2) is 47.8 Å². The molecule has 0 atom stereocenters. The smallest absolute Gasteiger partial charge is 0.272 e. The van der Waals surface area contributed by atoms with Gasteiger partial charge in [-0.3, -0.25) is 15.2 Å². The number of amides is 1. The molecule has 0 bridgehead atoms. The van der Waals surface area contributed by atoms with Gasteiger partial charge in [-0.25, -0.2) is 13.4 Å². The van der Waals surface area contributed by atoms with Crippen LogP contribution in [-0.4, -0.2) is 24.3 Å². The number of nitrogens with zero attached hydrogens (tertiary/aromatic N) is 2. The Morgan fingerprint density at radius 2 is 1.76 bits per heavy atom. The van der Waals surface area contributed by atoms with E-state index in [1.807, 2.05) is 12.1 Å². The van der Waals surface area contributed by atoms with Gasteiger partial charge in [0.1, 0.15) is 5.69 Å². The summed E-state index contributed by atoms with van der Waals surface area (Å²) < 4.78 is 24.6. The number of carbonyl (C=O) groups is 1. The zero-order chi connectivity index (χ0) is 17.7. The van der Waals surface area contributed by atoms with Crippen molar-refractivity contribution in [1.29, 1.82) is 0 Å². The Morgan fingerprint density at radius 3 is 2.40 bits per heavy atom. The van der Waals surface area contributed by atoms with Crippen LogP contribution in [0, 0.1) is 0 Å². The number of hydrazine groups is 1. The fourth-order valence-electron chi connectivity index (χ4n) is 3.01. The first-order chi connectivity index (χ1) is 12.1. The number of nitrogens with one attached hydrogen (secondary N) is 2. The minimum absolute atomic E-state index is 0.0258. The van der Waals surface area contributed by atoms with Crippen LogP contribution in [0.2, 0.25) is 0 Å². The summed E-state index contributed by atoms with van der Waals surface area (Å²) in [6, 6.07) is 6.85. The van der Waals surface area contributed by atoms with E-state index in [-0.39, 0.29) is 10.6 Å². The molecule has 1 aromatic heterocycles. The molecule has 1 amide bonds. The predicted molar refractivity (Wildman–Crippen MR) is 92.1 cm³/mol. The minimum atomic E-state index is -3.84. The highest BCUT2D eigenvalue weighted by molar-refractivity contribution is 7.89. The van der Waals surface area contributed by atoms with Gasteiger partial charge in [-0.2, -0.15) is 0 Å². The molecule has 0 saturated heterocycles. The number of rotatable bonds is 5. The number of aromatic nitrogens is 2. The molecule has 0 aliphatic heterocycles. The molecule has 1 fully saturated rings. The van der Waals surface area contributed by atoms with E-state index in [1.165, 1.54) is 43.4 Å². The second kappa shape index (κ2) is 7.71. The summed E-state index contributed by atoms with van der Waals surface area (Å²) in [7, 11) is -3.84. The summed E-state index contributed by atoms with van der Waals surface area (Å²) >= 11 is 0. The molecule has 1 heterocycles. The third-order valence-electron chi connectivity index (χ3n) is 4.36. The van der Waals surface area contributed by atoms with Crippen molar-refractivity contribution in [1.82, 2.24) is 20.2 Å². The number of hydrogen-bond donors (Lipinski definition) is 2. The van der Waals surface area contributed by atoms with Crippen LogP contribution in [-0.2, 0) is 10.0 Å². The molecule has 132 valence electrons. The third kappa shape index (κ3) is 4.40. The van der Waals surface area contributed by atoms with E-state index in [1.54, 1.807) is 12.1 Å². The van der Waals surface area contributed by atoms with E-state index in [2.05, 4.69) is 20.2 Å². The topological polar surface area (TPSA) is 101 Å². The lowest BCUT2D eigenvalue weighted by Crippen LogP contribution is -2.41. The van der Waals surface area contributed by atoms with Crippen LogP contribution in [0.5, 0.6) is 0 Å². The van der Waals surface area contributed by atoms with Gasteiger partial charge >= 0.3 is 0 Å². The molecule has 1 aliphatic carbocycles. The Bertz CT molecular complexity index is 817. The maximum Gasteiger partial charge on any atom is 0.286 e. The molecule has 7 nitrogen and oxygen atoms in total. The lowest BCUT2D eigenvalue weighted by molar-refractivity contribution is 0.0939. The molecule has 1 aliphatic rings. The van der Waals surface area contributed by atoms with Gasteiger partial charge < -0.3 is 0 Å². The van der Waals surface area contributed by atoms with Crippen molar-refractivity contribution in [2.45, 2.75) is 42.9 Å². The van der Waals surface area contributed by atoms with E-state index in [0.29, 0.717) is 5.92 Å². The average molecular weight is 360 g/mol. The first-order valence-electron chi connectivity index (χ1n) is 8.24. The van der Waals surface area contributed by atoms with Crippen LogP contribution >= 0.6 is 0 Å². The second-order valence-corrected chi connectivity index (χ2v) is 7.74. The molecule has 0 spiro atoms. The van der Waals surface area contributed by atoms with E-state index in [0.717, 1.165) is 12.8 Å². The van der Waals surface area contributed by atoms with Crippen molar-refractivity contribution >= 4 is 15.9 Å². The maximum absolute atomic E-state index is 12.3. The van der Waals surface area contributed by atoms with Crippen molar-refractivity contribution in [3.63, 3.8) is 0 Å². The van der Waals surface area contributed by atoms with E-state index in [4.69, 9.17) is 0 Å². The first kappa shape index (κ1) is 17.5. The lowest BCUT2D eigenvalue weighted by Gasteiger charge is -2.22. The first-order valence-corrected chi connectivity index (χ1v) is 9.73. The van der Waals surface area contributed by atoms with Crippen LogP contribution in [0.1, 0.15) is 54.1 Å². The summed E-state index contributed by atoms with van der Waals surface area (Å²) in [6.45, 7) is 0. The summed E-state index contributed by atoms with van der Waals surface area (Å²) in [5, 5.41) is 0. The van der Waals surface area contributed by atoms with E-state index in [9.17, 15) is 13.2 Å². The van der Waals surface area contributed by atoms with Gasteiger partial charge in [-0.05, 0) is 36.5 Å². The summed E-state index contributed by atoms with van der Waals surface area (Å²) in [5.41, 5.74) is 3.33. The second-order valence-electron chi connectivity index (χ2n) is 6.05. The normalized spacial score (nSPS) is 15.7. The average Bonchev–Trinajstić information content (AvgIpc) is 2.68. The van der Waals surface area contributed by atoms with Gasteiger partial charge in [0.25, 0.3) is 15.9 Å².